The normalized spacial score (nSPS) is 10.3. The van der Waals surface area contributed by atoms with Crippen LogP contribution in [0.4, 0.5) is 5.69 Å². The van der Waals surface area contributed by atoms with Crippen LogP contribution in [0.1, 0.15) is 15.9 Å². The molecular formula is C15H14BrNO2S. The van der Waals surface area contributed by atoms with Crippen molar-refractivity contribution in [2.75, 3.05) is 12.8 Å². The molecule has 0 fully saturated rings. The zero-order valence-corrected chi connectivity index (χ0v) is 13.3. The van der Waals surface area contributed by atoms with Crippen molar-refractivity contribution in [1.82, 2.24) is 0 Å². The molecule has 2 aromatic rings. The fraction of sp³-hybridized carbons (Fsp3) is 0.133. The molecule has 2 rings (SSSR count). The van der Waals surface area contributed by atoms with Gasteiger partial charge in [-0.3, -0.25) is 0 Å². The summed E-state index contributed by atoms with van der Waals surface area (Å²) in [6.07, 6.45) is 0. The molecule has 0 amide bonds. The van der Waals surface area contributed by atoms with Crippen LogP contribution in [-0.2, 0) is 10.5 Å². The summed E-state index contributed by atoms with van der Waals surface area (Å²) in [5.41, 5.74) is 7.65. The highest BCUT2D eigenvalue weighted by Crippen LogP contribution is 2.28. The van der Waals surface area contributed by atoms with Gasteiger partial charge in [-0.25, -0.2) is 4.79 Å². The van der Waals surface area contributed by atoms with E-state index in [0.717, 1.165) is 14.9 Å². The summed E-state index contributed by atoms with van der Waals surface area (Å²) in [5, 5.41) is 0. The molecule has 20 heavy (non-hydrogen) atoms. The molecule has 0 spiro atoms. The predicted molar refractivity (Wildman–Crippen MR) is 85.9 cm³/mol. The highest BCUT2D eigenvalue weighted by molar-refractivity contribution is 9.10. The Balaban J connectivity index is 2.21. The number of nitrogen functional groups attached to an aromatic ring is 1. The van der Waals surface area contributed by atoms with Crippen LogP contribution >= 0.6 is 27.7 Å². The van der Waals surface area contributed by atoms with Crippen LogP contribution in [-0.4, -0.2) is 13.1 Å². The molecular weight excluding hydrogens is 338 g/mol. The predicted octanol–water partition coefficient (Wildman–Crippen LogP) is 4.11. The van der Waals surface area contributed by atoms with E-state index in [0.29, 0.717) is 17.0 Å². The minimum Gasteiger partial charge on any atom is -0.465 e. The number of nitrogens with two attached hydrogens (primary N) is 1. The van der Waals surface area contributed by atoms with Gasteiger partial charge in [0, 0.05) is 20.8 Å². The zero-order chi connectivity index (χ0) is 14.5. The first kappa shape index (κ1) is 14.9. The van der Waals surface area contributed by atoms with Crippen LogP contribution in [0.25, 0.3) is 0 Å². The van der Waals surface area contributed by atoms with Gasteiger partial charge in [-0.05, 0) is 29.8 Å². The van der Waals surface area contributed by atoms with E-state index in [-0.39, 0.29) is 0 Å². The Bertz CT molecular complexity index is 631. The third-order valence-corrected chi connectivity index (χ3v) is 4.30. The number of carbonyl (C=O) groups excluding carboxylic acids is 1. The molecule has 0 heterocycles. The lowest BCUT2D eigenvalue weighted by Crippen LogP contribution is -2.09. The van der Waals surface area contributed by atoms with E-state index in [4.69, 9.17) is 10.5 Å². The Morgan fingerprint density at radius 2 is 2.05 bits per heavy atom. The first-order chi connectivity index (χ1) is 9.61. The second-order valence-corrected chi connectivity index (χ2v) is 6.08. The lowest BCUT2D eigenvalue weighted by molar-refractivity contribution is 0.0601. The SMILES string of the molecule is COC(=O)c1c(N)cccc1CSc1cccc(Br)c1. The molecule has 0 aliphatic carbocycles. The number of rotatable bonds is 4. The van der Waals surface area contributed by atoms with Gasteiger partial charge in [0.25, 0.3) is 0 Å². The molecule has 0 bridgehead atoms. The van der Waals surface area contributed by atoms with Gasteiger partial charge in [-0.15, -0.1) is 11.8 Å². The number of carbonyl (C=O) groups is 1. The highest BCUT2D eigenvalue weighted by Gasteiger charge is 2.15. The largest absolute Gasteiger partial charge is 0.465 e. The fourth-order valence-electron chi connectivity index (χ4n) is 1.81. The first-order valence-electron chi connectivity index (χ1n) is 5.96. The van der Waals surface area contributed by atoms with E-state index >= 15 is 0 Å². The molecule has 0 aliphatic heterocycles. The van der Waals surface area contributed by atoms with E-state index in [1.54, 1.807) is 17.8 Å². The standard InChI is InChI=1S/C15H14BrNO2S/c1-19-15(18)14-10(4-2-7-13(14)17)9-20-12-6-3-5-11(16)8-12/h2-8H,9,17H2,1H3. The van der Waals surface area contributed by atoms with Crippen LogP contribution < -0.4 is 5.73 Å². The summed E-state index contributed by atoms with van der Waals surface area (Å²) < 4.78 is 5.82. The minimum atomic E-state index is -0.395. The van der Waals surface area contributed by atoms with Gasteiger partial charge in [-0.2, -0.15) is 0 Å². The van der Waals surface area contributed by atoms with E-state index in [1.807, 2.05) is 36.4 Å². The molecule has 0 atom stereocenters. The molecule has 0 aliphatic rings. The van der Waals surface area contributed by atoms with Crippen molar-refractivity contribution in [3.8, 4) is 0 Å². The Morgan fingerprint density at radius 1 is 1.30 bits per heavy atom. The van der Waals surface area contributed by atoms with Crippen molar-refractivity contribution >= 4 is 39.3 Å². The fourth-order valence-corrected chi connectivity index (χ4v) is 3.31. The number of thioether (sulfide) groups is 1. The maximum atomic E-state index is 11.8. The van der Waals surface area contributed by atoms with Crippen LogP contribution in [0, 0.1) is 0 Å². The molecule has 0 saturated heterocycles. The van der Waals surface area contributed by atoms with Gasteiger partial charge in [0.1, 0.15) is 0 Å². The number of methoxy groups -OCH3 is 1. The molecule has 0 aromatic heterocycles. The van der Waals surface area contributed by atoms with Crippen molar-refractivity contribution < 1.29 is 9.53 Å². The Labute approximate surface area is 130 Å². The number of benzene rings is 2. The molecule has 5 heteroatoms. The molecule has 0 unspecified atom stereocenters. The van der Waals surface area contributed by atoms with E-state index in [9.17, 15) is 4.79 Å². The Kier molecular flexibility index (Phi) is 5.09. The minimum absolute atomic E-state index is 0.395. The monoisotopic (exact) mass is 351 g/mol. The number of halogens is 1. The van der Waals surface area contributed by atoms with Gasteiger partial charge in [-0.1, -0.05) is 34.1 Å². The smallest absolute Gasteiger partial charge is 0.340 e. The van der Waals surface area contributed by atoms with Gasteiger partial charge in [0.2, 0.25) is 0 Å². The van der Waals surface area contributed by atoms with Gasteiger partial charge >= 0.3 is 5.97 Å². The highest BCUT2D eigenvalue weighted by atomic mass is 79.9. The lowest BCUT2D eigenvalue weighted by atomic mass is 10.1. The third kappa shape index (κ3) is 3.55. The van der Waals surface area contributed by atoms with Crippen molar-refractivity contribution in [3.05, 3.63) is 58.1 Å². The number of ether oxygens (including phenoxy) is 1. The maximum Gasteiger partial charge on any atom is 0.340 e. The summed E-state index contributed by atoms with van der Waals surface area (Å²) in [6, 6.07) is 13.5. The Morgan fingerprint density at radius 3 is 2.75 bits per heavy atom. The van der Waals surface area contributed by atoms with Crippen molar-refractivity contribution in [2.45, 2.75) is 10.6 Å². The molecule has 3 nitrogen and oxygen atoms in total. The van der Waals surface area contributed by atoms with Crippen LogP contribution in [0.3, 0.4) is 0 Å². The molecule has 104 valence electrons. The van der Waals surface area contributed by atoms with Crippen molar-refractivity contribution in [3.63, 3.8) is 0 Å². The molecule has 2 aromatic carbocycles. The topological polar surface area (TPSA) is 52.3 Å². The lowest BCUT2D eigenvalue weighted by Gasteiger charge is -2.10. The van der Waals surface area contributed by atoms with Crippen LogP contribution in [0.5, 0.6) is 0 Å². The van der Waals surface area contributed by atoms with Crippen LogP contribution in [0.15, 0.2) is 51.8 Å². The number of esters is 1. The maximum absolute atomic E-state index is 11.8. The van der Waals surface area contributed by atoms with E-state index < -0.39 is 5.97 Å². The second kappa shape index (κ2) is 6.81. The Hall–Kier alpha value is -1.46. The quantitative estimate of drug-likeness (QED) is 0.511. The van der Waals surface area contributed by atoms with Gasteiger partial charge in [0.15, 0.2) is 0 Å². The van der Waals surface area contributed by atoms with Gasteiger partial charge in [0.05, 0.1) is 12.7 Å². The summed E-state index contributed by atoms with van der Waals surface area (Å²) >= 11 is 5.09. The second-order valence-electron chi connectivity index (χ2n) is 4.12. The summed E-state index contributed by atoms with van der Waals surface area (Å²) in [5.74, 6) is 0.263. The summed E-state index contributed by atoms with van der Waals surface area (Å²) in [4.78, 5) is 12.9. The van der Waals surface area contributed by atoms with Gasteiger partial charge < -0.3 is 10.5 Å². The van der Waals surface area contributed by atoms with Crippen molar-refractivity contribution in [1.29, 1.82) is 0 Å². The van der Waals surface area contributed by atoms with E-state index in [2.05, 4.69) is 15.9 Å². The van der Waals surface area contributed by atoms with E-state index in [1.165, 1.54) is 7.11 Å². The zero-order valence-electron chi connectivity index (χ0n) is 10.9. The average molecular weight is 352 g/mol. The van der Waals surface area contributed by atoms with Crippen molar-refractivity contribution in [2.24, 2.45) is 0 Å². The summed E-state index contributed by atoms with van der Waals surface area (Å²) in [6.45, 7) is 0. The third-order valence-electron chi connectivity index (χ3n) is 2.76. The molecule has 0 saturated carbocycles. The number of hydrogen-bond acceptors (Lipinski definition) is 4. The molecule has 0 radical (unpaired) electrons. The van der Waals surface area contributed by atoms with Crippen LogP contribution in [0.2, 0.25) is 0 Å². The number of hydrogen-bond donors (Lipinski definition) is 1. The summed E-state index contributed by atoms with van der Waals surface area (Å²) in [7, 11) is 1.36. The molecule has 2 N–H and O–H groups in total. The first-order valence-corrected chi connectivity index (χ1v) is 7.73. The number of anilines is 1. The average Bonchev–Trinajstić information content (AvgIpc) is 2.44.